The first-order chi connectivity index (χ1) is 7.17. The lowest BCUT2D eigenvalue weighted by Crippen LogP contribution is -2.26. The Morgan fingerprint density at radius 1 is 1.60 bits per heavy atom. The van der Waals surface area contributed by atoms with Crippen molar-refractivity contribution in [3.8, 4) is 11.8 Å². The number of hydrogen-bond acceptors (Lipinski definition) is 3. The highest BCUT2D eigenvalue weighted by Gasteiger charge is 2.08. The van der Waals surface area contributed by atoms with Crippen molar-refractivity contribution in [3.05, 3.63) is 28.8 Å². The average molecular weight is 225 g/mol. The molecule has 80 valence electrons. The molecular formula is C11H13ClN2O. The molecular weight excluding hydrogens is 212 g/mol. The molecule has 0 aliphatic carbocycles. The van der Waals surface area contributed by atoms with Gasteiger partial charge in [-0.1, -0.05) is 11.6 Å². The second-order valence-corrected chi connectivity index (χ2v) is 3.67. The van der Waals surface area contributed by atoms with E-state index in [1.54, 1.807) is 18.2 Å². The van der Waals surface area contributed by atoms with Crippen molar-refractivity contribution in [2.75, 3.05) is 13.6 Å². The van der Waals surface area contributed by atoms with Gasteiger partial charge in [0.2, 0.25) is 0 Å². The van der Waals surface area contributed by atoms with Crippen molar-refractivity contribution in [1.29, 1.82) is 5.26 Å². The monoisotopic (exact) mass is 224 g/mol. The fourth-order valence-electron chi connectivity index (χ4n) is 1.23. The minimum Gasteiger partial charge on any atom is -0.488 e. The van der Waals surface area contributed by atoms with E-state index in [0.29, 0.717) is 16.3 Å². The number of benzene rings is 1. The van der Waals surface area contributed by atoms with Gasteiger partial charge < -0.3 is 10.1 Å². The molecule has 15 heavy (non-hydrogen) atoms. The number of nitrogens with one attached hydrogen (secondary N) is 1. The molecule has 1 aromatic rings. The third kappa shape index (κ3) is 3.43. The van der Waals surface area contributed by atoms with Crippen LogP contribution in [0.5, 0.6) is 5.75 Å². The van der Waals surface area contributed by atoms with E-state index in [-0.39, 0.29) is 6.10 Å². The van der Waals surface area contributed by atoms with Gasteiger partial charge in [0.1, 0.15) is 17.9 Å². The highest BCUT2D eigenvalue weighted by molar-refractivity contribution is 6.30. The summed E-state index contributed by atoms with van der Waals surface area (Å²) in [6.07, 6.45) is 0.000525. The fraction of sp³-hybridized carbons (Fsp3) is 0.364. The van der Waals surface area contributed by atoms with Gasteiger partial charge in [0.05, 0.1) is 5.56 Å². The highest BCUT2D eigenvalue weighted by atomic mass is 35.5. The van der Waals surface area contributed by atoms with Crippen molar-refractivity contribution in [1.82, 2.24) is 5.32 Å². The molecule has 0 heterocycles. The van der Waals surface area contributed by atoms with Crippen molar-refractivity contribution in [3.63, 3.8) is 0 Å². The molecule has 0 saturated carbocycles. The quantitative estimate of drug-likeness (QED) is 0.853. The summed E-state index contributed by atoms with van der Waals surface area (Å²) in [6.45, 7) is 2.65. The van der Waals surface area contributed by atoms with Crippen LogP contribution in [-0.2, 0) is 0 Å². The molecule has 0 amide bonds. The predicted molar refractivity (Wildman–Crippen MR) is 60.2 cm³/mol. The molecule has 4 heteroatoms. The molecule has 1 rings (SSSR count). The summed E-state index contributed by atoms with van der Waals surface area (Å²) in [5.74, 6) is 0.535. The Morgan fingerprint density at radius 3 is 2.93 bits per heavy atom. The number of nitriles is 1. The van der Waals surface area contributed by atoms with E-state index in [0.717, 1.165) is 6.54 Å². The fourth-order valence-corrected chi connectivity index (χ4v) is 1.39. The predicted octanol–water partition coefficient (Wildman–Crippen LogP) is 2.20. The van der Waals surface area contributed by atoms with Gasteiger partial charge in [-0.05, 0) is 26.1 Å². The van der Waals surface area contributed by atoms with Gasteiger partial charge in [-0.25, -0.2) is 0 Å². The lowest BCUT2D eigenvalue weighted by Gasteiger charge is -2.15. The van der Waals surface area contributed by atoms with Gasteiger partial charge >= 0.3 is 0 Å². The van der Waals surface area contributed by atoms with Crippen LogP contribution in [0.2, 0.25) is 5.02 Å². The Hall–Kier alpha value is -1.24. The maximum absolute atomic E-state index is 8.86. The maximum atomic E-state index is 8.86. The van der Waals surface area contributed by atoms with Gasteiger partial charge in [0.25, 0.3) is 0 Å². The molecule has 1 atom stereocenters. The van der Waals surface area contributed by atoms with Gasteiger partial charge in [0, 0.05) is 17.6 Å². The van der Waals surface area contributed by atoms with Gasteiger partial charge in [-0.3, -0.25) is 0 Å². The van der Waals surface area contributed by atoms with Crippen LogP contribution < -0.4 is 10.1 Å². The highest BCUT2D eigenvalue weighted by Crippen LogP contribution is 2.23. The summed E-state index contributed by atoms with van der Waals surface area (Å²) < 4.78 is 5.59. The molecule has 1 N–H and O–H groups in total. The summed E-state index contributed by atoms with van der Waals surface area (Å²) in [7, 11) is 1.85. The van der Waals surface area contributed by atoms with Crippen LogP contribution >= 0.6 is 11.6 Å². The minimum absolute atomic E-state index is 0.000525. The average Bonchev–Trinajstić information content (AvgIpc) is 2.18. The van der Waals surface area contributed by atoms with Crippen LogP contribution in [0.4, 0.5) is 0 Å². The molecule has 0 aromatic heterocycles. The third-order valence-electron chi connectivity index (χ3n) is 1.88. The Kier molecular flexibility index (Phi) is 4.41. The van der Waals surface area contributed by atoms with Crippen molar-refractivity contribution in [2.45, 2.75) is 13.0 Å². The number of hydrogen-bond donors (Lipinski definition) is 1. The van der Waals surface area contributed by atoms with E-state index in [9.17, 15) is 0 Å². The van der Waals surface area contributed by atoms with Crippen molar-refractivity contribution < 1.29 is 4.74 Å². The number of nitrogens with zero attached hydrogens (tertiary/aromatic N) is 1. The SMILES string of the molecule is CNCC(C)Oc1cc(Cl)ccc1C#N. The first-order valence-electron chi connectivity index (χ1n) is 4.68. The maximum Gasteiger partial charge on any atom is 0.139 e. The first-order valence-corrected chi connectivity index (χ1v) is 5.06. The van der Waals surface area contributed by atoms with Crippen LogP contribution in [-0.4, -0.2) is 19.7 Å². The zero-order chi connectivity index (χ0) is 11.3. The number of rotatable bonds is 4. The zero-order valence-corrected chi connectivity index (χ0v) is 9.51. The van der Waals surface area contributed by atoms with E-state index < -0.39 is 0 Å². The van der Waals surface area contributed by atoms with Crippen LogP contribution in [0.1, 0.15) is 12.5 Å². The largest absolute Gasteiger partial charge is 0.488 e. The smallest absolute Gasteiger partial charge is 0.139 e. The molecule has 0 bridgehead atoms. The number of halogens is 1. The van der Waals surface area contributed by atoms with E-state index >= 15 is 0 Å². The molecule has 0 saturated heterocycles. The molecule has 1 unspecified atom stereocenters. The lowest BCUT2D eigenvalue weighted by atomic mass is 10.2. The number of likely N-dealkylation sites (N-methyl/N-ethyl adjacent to an activating group) is 1. The summed E-state index contributed by atoms with van der Waals surface area (Å²) in [5.41, 5.74) is 0.502. The van der Waals surface area contributed by atoms with Gasteiger partial charge in [0.15, 0.2) is 0 Å². The lowest BCUT2D eigenvalue weighted by molar-refractivity contribution is 0.220. The second kappa shape index (κ2) is 5.59. The Morgan fingerprint density at radius 2 is 2.33 bits per heavy atom. The van der Waals surface area contributed by atoms with E-state index in [1.165, 1.54) is 0 Å². The van der Waals surface area contributed by atoms with E-state index in [1.807, 2.05) is 14.0 Å². The topological polar surface area (TPSA) is 45.0 Å². The standard InChI is InChI=1S/C11H13ClN2O/c1-8(7-14-2)15-11-5-10(12)4-3-9(11)6-13/h3-5,8,14H,7H2,1-2H3. The van der Waals surface area contributed by atoms with Gasteiger partial charge in [-0.2, -0.15) is 5.26 Å². The summed E-state index contributed by atoms with van der Waals surface area (Å²) in [6, 6.07) is 7.06. The molecule has 3 nitrogen and oxygen atoms in total. The molecule has 0 fully saturated rings. The zero-order valence-electron chi connectivity index (χ0n) is 8.75. The van der Waals surface area contributed by atoms with Crippen LogP contribution in [0.15, 0.2) is 18.2 Å². The summed E-state index contributed by atoms with van der Waals surface area (Å²) >= 11 is 5.83. The second-order valence-electron chi connectivity index (χ2n) is 3.24. The molecule has 0 radical (unpaired) electrons. The number of ether oxygens (including phenoxy) is 1. The molecule has 0 spiro atoms. The minimum atomic E-state index is 0.000525. The van der Waals surface area contributed by atoms with Crippen LogP contribution in [0.25, 0.3) is 0 Å². The molecule has 0 aliphatic rings. The van der Waals surface area contributed by atoms with Crippen LogP contribution in [0.3, 0.4) is 0 Å². The third-order valence-corrected chi connectivity index (χ3v) is 2.12. The normalized spacial score (nSPS) is 11.9. The van der Waals surface area contributed by atoms with Crippen LogP contribution in [0, 0.1) is 11.3 Å². The Labute approximate surface area is 94.6 Å². The summed E-state index contributed by atoms with van der Waals surface area (Å²) in [4.78, 5) is 0. The molecule has 0 aliphatic heterocycles. The van der Waals surface area contributed by atoms with E-state index in [2.05, 4.69) is 11.4 Å². The first kappa shape index (κ1) is 11.8. The van der Waals surface area contributed by atoms with Gasteiger partial charge in [-0.15, -0.1) is 0 Å². The van der Waals surface area contributed by atoms with Crippen molar-refractivity contribution in [2.24, 2.45) is 0 Å². The molecule has 1 aromatic carbocycles. The Bertz CT molecular complexity index is 373. The Balaban J connectivity index is 2.83. The van der Waals surface area contributed by atoms with Crippen molar-refractivity contribution >= 4 is 11.6 Å². The van der Waals surface area contributed by atoms with E-state index in [4.69, 9.17) is 21.6 Å². The summed E-state index contributed by atoms with van der Waals surface area (Å²) in [5, 5.41) is 12.4.